The molecule has 3 rings (SSSR count). The van der Waals surface area contributed by atoms with Gasteiger partial charge in [-0.1, -0.05) is 5.16 Å². The number of ether oxygens (including phenoxy) is 1. The molecule has 7 nitrogen and oxygen atoms in total. The van der Waals surface area contributed by atoms with Crippen molar-refractivity contribution >= 4 is 5.82 Å². The molecule has 0 saturated carbocycles. The summed E-state index contributed by atoms with van der Waals surface area (Å²) in [5, 5.41) is 3.93. The number of aromatic nitrogens is 3. The van der Waals surface area contributed by atoms with E-state index in [0.717, 1.165) is 37.3 Å². The Hall–Kier alpha value is -1.99. The van der Waals surface area contributed by atoms with Crippen LogP contribution < -0.4 is 10.6 Å². The van der Waals surface area contributed by atoms with E-state index >= 15 is 0 Å². The minimum atomic E-state index is 0.231. The zero-order valence-electron chi connectivity index (χ0n) is 12.7. The summed E-state index contributed by atoms with van der Waals surface area (Å²) >= 11 is 0. The van der Waals surface area contributed by atoms with Gasteiger partial charge in [0.15, 0.2) is 5.82 Å². The van der Waals surface area contributed by atoms with Crippen molar-refractivity contribution in [1.82, 2.24) is 15.1 Å². The molecule has 1 aliphatic heterocycles. The van der Waals surface area contributed by atoms with Gasteiger partial charge < -0.3 is 19.9 Å². The molecule has 0 amide bonds. The molecule has 22 heavy (non-hydrogen) atoms. The Morgan fingerprint density at radius 2 is 2.36 bits per heavy atom. The van der Waals surface area contributed by atoms with Crippen molar-refractivity contribution in [3.05, 3.63) is 24.2 Å². The smallest absolute Gasteiger partial charge is 0.259 e. The Kier molecular flexibility index (Phi) is 4.65. The fourth-order valence-corrected chi connectivity index (χ4v) is 2.58. The van der Waals surface area contributed by atoms with E-state index in [9.17, 15) is 0 Å². The number of hydrogen-bond donors (Lipinski definition) is 1. The monoisotopic (exact) mass is 303 g/mol. The molecule has 3 heterocycles. The highest BCUT2D eigenvalue weighted by molar-refractivity contribution is 5.54. The summed E-state index contributed by atoms with van der Waals surface area (Å²) in [6.45, 7) is 2.43. The Balaban J connectivity index is 1.69. The normalized spacial score (nSPS) is 18.6. The summed E-state index contributed by atoms with van der Waals surface area (Å²) in [5.41, 5.74) is 6.83. The molecule has 2 N–H and O–H groups in total. The van der Waals surface area contributed by atoms with E-state index in [-0.39, 0.29) is 6.04 Å². The molecule has 1 aliphatic rings. The second-order valence-electron chi connectivity index (χ2n) is 5.51. The summed E-state index contributed by atoms with van der Waals surface area (Å²) in [6.07, 6.45) is 4.60. The molecule has 1 fully saturated rings. The molecule has 0 radical (unpaired) electrons. The lowest BCUT2D eigenvalue weighted by atomic mass is 10.1. The molecule has 2 aromatic rings. The number of anilines is 1. The number of hydrogen-bond acceptors (Lipinski definition) is 7. The van der Waals surface area contributed by atoms with Crippen molar-refractivity contribution in [1.29, 1.82) is 0 Å². The first kappa shape index (κ1) is 14.9. The van der Waals surface area contributed by atoms with E-state index in [4.69, 9.17) is 15.0 Å². The van der Waals surface area contributed by atoms with Crippen LogP contribution >= 0.6 is 0 Å². The minimum absolute atomic E-state index is 0.231. The summed E-state index contributed by atoms with van der Waals surface area (Å²) in [7, 11) is 1.65. The van der Waals surface area contributed by atoms with Crippen molar-refractivity contribution in [2.24, 2.45) is 5.73 Å². The van der Waals surface area contributed by atoms with Crippen LogP contribution in [-0.4, -0.2) is 48.0 Å². The zero-order chi connectivity index (χ0) is 15.4. The predicted octanol–water partition coefficient (Wildman–Crippen LogP) is 1.25. The number of pyridine rings is 1. The summed E-state index contributed by atoms with van der Waals surface area (Å²) in [5.74, 6) is 2.07. The van der Waals surface area contributed by atoms with Gasteiger partial charge in [-0.2, -0.15) is 4.98 Å². The SMILES string of the molecule is COCCc1noc(-c2ccc(N3CCCC(N)C3)nc2)n1. The lowest BCUT2D eigenvalue weighted by molar-refractivity contribution is 0.199. The Morgan fingerprint density at radius 3 is 3.09 bits per heavy atom. The first-order chi connectivity index (χ1) is 10.8. The van der Waals surface area contributed by atoms with Gasteiger partial charge in [0, 0.05) is 38.9 Å². The molecule has 1 unspecified atom stereocenters. The minimum Gasteiger partial charge on any atom is -0.384 e. The van der Waals surface area contributed by atoms with E-state index in [0.29, 0.717) is 24.7 Å². The molecule has 7 heteroatoms. The highest BCUT2D eigenvalue weighted by Gasteiger charge is 2.18. The highest BCUT2D eigenvalue weighted by atomic mass is 16.5. The third-order valence-electron chi connectivity index (χ3n) is 3.77. The summed E-state index contributed by atoms with van der Waals surface area (Å²) in [4.78, 5) is 11.1. The van der Waals surface area contributed by atoms with Crippen LogP contribution in [0.25, 0.3) is 11.5 Å². The first-order valence-corrected chi connectivity index (χ1v) is 7.55. The van der Waals surface area contributed by atoms with Gasteiger partial charge in [0.1, 0.15) is 5.82 Å². The number of piperidine rings is 1. The summed E-state index contributed by atoms with van der Waals surface area (Å²) in [6, 6.07) is 4.16. The Bertz CT molecular complexity index is 598. The molecule has 0 bridgehead atoms. The lowest BCUT2D eigenvalue weighted by Crippen LogP contribution is -2.43. The molecule has 118 valence electrons. The van der Waals surface area contributed by atoms with Crippen LogP contribution in [0.5, 0.6) is 0 Å². The highest BCUT2D eigenvalue weighted by Crippen LogP contribution is 2.21. The van der Waals surface area contributed by atoms with Gasteiger partial charge >= 0.3 is 0 Å². The largest absolute Gasteiger partial charge is 0.384 e. The fraction of sp³-hybridized carbons (Fsp3) is 0.533. The van der Waals surface area contributed by atoms with Crippen LogP contribution in [0.1, 0.15) is 18.7 Å². The second kappa shape index (κ2) is 6.85. The van der Waals surface area contributed by atoms with Crippen molar-refractivity contribution < 1.29 is 9.26 Å². The van der Waals surface area contributed by atoms with Crippen molar-refractivity contribution in [3.63, 3.8) is 0 Å². The van der Waals surface area contributed by atoms with Crippen LogP contribution in [0, 0.1) is 0 Å². The standard InChI is InChI=1S/C15H21N5O2/c1-21-8-6-13-18-15(22-19-13)11-4-5-14(17-9-11)20-7-2-3-12(16)10-20/h4-5,9,12H,2-3,6-8,10,16H2,1H3. The average molecular weight is 303 g/mol. The molecular formula is C15H21N5O2. The van der Waals surface area contributed by atoms with Crippen LogP contribution in [0.2, 0.25) is 0 Å². The zero-order valence-corrected chi connectivity index (χ0v) is 12.7. The van der Waals surface area contributed by atoms with Crippen LogP contribution in [0.3, 0.4) is 0 Å². The molecule has 1 saturated heterocycles. The number of methoxy groups -OCH3 is 1. The maximum Gasteiger partial charge on any atom is 0.259 e. The van der Waals surface area contributed by atoms with Gasteiger partial charge in [0.2, 0.25) is 0 Å². The van der Waals surface area contributed by atoms with Gasteiger partial charge in [-0.05, 0) is 25.0 Å². The topological polar surface area (TPSA) is 90.3 Å². The molecular weight excluding hydrogens is 282 g/mol. The fourth-order valence-electron chi connectivity index (χ4n) is 2.58. The molecule has 0 aromatic carbocycles. The van der Waals surface area contributed by atoms with E-state index < -0.39 is 0 Å². The molecule has 2 aromatic heterocycles. The van der Waals surface area contributed by atoms with Gasteiger partial charge in [-0.25, -0.2) is 4.98 Å². The Morgan fingerprint density at radius 1 is 1.45 bits per heavy atom. The molecule has 0 spiro atoms. The van der Waals surface area contributed by atoms with E-state index in [2.05, 4.69) is 20.0 Å². The second-order valence-corrected chi connectivity index (χ2v) is 5.51. The van der Waals surface area contributed by atoms with Crippen molar-refractivity contribution in [3.8, 4) is 11.5 Å². The van der Waals surface area contributed by atoms with E-state index in [1.165, 1.54) is 0 Å². The van der Waals surface area contributed by atoms with Crippen molar-refractivity contribution in [2.45, 2.75) is 25.3 Å². The maximum absolute atomic E-state index is 6.01. The van der Waals surface area contributed by atoms with Crippen LogP contribution in [-0.2, 0) is 11.2 Å². The number of nitrogens with two attached hydrogens (primary N) is 1. The Labute approximate surface area is 129 Å². The quantitative estimate of drug-likeness (QED) is 0.888. The summed E-state index contributed by atoms with van der Waals surface area (Å²) < 4.78 is 10.3. The first-order valence-electron chi connectivity index (χ1n) is 7.55. The molecule has 1 atom stereocenters. The predicted molar refractivity (Wildman–Crippen MR) is 82.5 cm³/mol. The van der Waals surface area contributed by atoms with Gasteiger partial charge in [0.25, 0.3) is 5.89 Å². The van der Waals surface area contributed by atoms with Gasteiger partial charge in [-0.15, -0.1) is 0 Å². The average Bonchev–Trinajstić information content (AvgIpc) is 3.02. The van der Waals surface area contributed by atoms with E-state index in [1.807, 2.05) is 12.1 Å². The third kappa shape index (κ3) is 3.42. The van der Waals surface area contributed by atoms with Crippen LogP contribution in [0.15, 0.2) is 22.9 Å². The van der Waals surface area contributed by atoms with Crippen LogP contribution in [0.4, 0.5) is 5.82 Å². The maximum atomic E-state index is 6.01. The number of rotatable bonds is 5. The van der Waals surface area contributed by atoms with E-state index in [1.54, 1.807) is 13.3 Å². The van der Waals surface area contributed by atoms with Gasteiger partial charge in [-0.3, -0.25) is 0 Å². The third-order valence-corrected chi connectivity index (χ3v) is 3.77. The van der Waals surface area contributed by atoms with Crippen molar-refractivity contribution in [2.75, 3.05) is 31.7 Å². The lowest BCUT2D eigenvalue weighted by Gasteiger charge is -2.31. The number of nitrogens with zero attached hydrogens (tertiary/aromatic N) is 4. The van der Waals surface area contributed by atoms with Gasteiger partial charge in [0.05, 0.1) is 12.2 Å². The molecule has 0 aliphatic carbocycles.